The third-order valence-corrected chi connectivity index (χ3v) is 5.07. The standard InChI is InChI=1S/C22H28N4O2/c1-25(2)15-18-11-10-17(21(23)27)14-20(18)24-22(28)26-12-6-9-19(26)13-16-7-4-3-5-8-16/h3-5,7-8,10-11,14,19H,6,9,12-13,15H2,1-2H3,(H2,23,27)(H,24,28)/t19-/m1/s1. The molecule has 0 aliphatic carbocycles. The van der Waals surface area contributed by atoms with Gasteiger partial charge in [0.1, 0.15) is 0 Å². The van der Waals surface area contributed by atoms with E-state index in [9.17, 15) is 9.59 Å². The molecule has 28 heavy (non-hydrogen) atoms. The van der Waals surface area contributed by atoms with Crippen molar-refractivity contribution in [3.8, 4) is 0 Å². The molecule has 1 aliphatic heterocycles. The molecule has 0 radical (unpaired) electrons. The average molecular weight is 380 g/mol. The van der Waals surface area contributed by atoms with E-state index in [4.69, 9.17) is 5.73 Å². The summed E-state index contributed by atoms with van der Waals surface area (Å²) in [6, 6.07) is 15.5. The van der Waals surface area contributed by atoms with Crippen molar-refractivity contribution in [1.82, 2.24) is 9.80 Å². The maximum Gasteiger partial charge on any atom is 0.322 e. The second kappa shape index (κ2) is 8.89. The summed E-state index contributed by atoms with van der Waals surface area (Å²) >= 11 is 0. The molecule has 0 aromatic heterocycles. The van der Waals surface area contributed by atoms with Crippen molar-refractivity contribution in [1.29, 1.82) is 0 Å². The van der Waals surface area contributed by atoms with Gasteiger partial charge >= 0.3 is 6.03 Å². The Bertz CT molecular complexity index is 836. The fraction of sp³-hybridized carbons (Fsp3) is 0.364. The number of amides is 3. The minimum absolute atomic E-state index is 0.125. The van der Waals surface area contributed by atoms with Crippen LogP contribution in [0.5, 0.6) is 0 Å². The number of nitrogens with one attached hydrogen (secondary N) is 1. The first-order chi connectivity index (χ1) is 13.4. The number of benzene rings is 2. The van der Waals surface area contributed by atoms with Crippen molar-refractivity contribution < 1.29 is 9.59 Å². The van der Waals surface area contributed by atoms with Crippen LogP contribution >= 0.6 is 0 Å². The van der Waals surface area contributed by atoms with E-state index < -0.39 is 5.91 Å². The zero-order valence-corrected chi connectivity index (χ0v) is 16.5. The van der Waals surface area contributed by atoms with Crippen molar-refractivity contribution in [3.05, 3.63) is 65.2 Å². The molecule has 0 unspecified atom stereocenters. The Morgan fingerprint density at radius 1 is 1.18 bits per heavy atom. The van der Waals surface area contributed by atoms with Crippen LogP contribution in [0.4, 0.5) is 10.5 Å². The number of urea groups is 1. The highest BCUT2D eigenvalue weighted by atomic mass is 16.2. The van der Waals surface area contributed by atoms with Gasteiger partial charge in [-0.25, -0.2) is 4.79 Å². The van der Waals surface area contributed by atoms with E-state index >= 15 is 0 Å². The van der Waals surface area contributed by atoms with Crippen LogP contribution < -0.4 is 11.1 Å². The summed E-state index contributed by atoms with van der Waals surface area (Å²) in [5.74, 6) is -0.505. The first kappa shape index (κ1) is 19.9. The lowest BCUT2D eigenvalue weighted by Crippen LogP contribution is -2.40. The first-order valence-electron chi connectivity index (χ1n) is 9.63. The summed E-state index contributed by atoms with van der Waals surface area (Å²) in [4.78, 5) is 28.5. The number of likely N-dealkylation sites (tertiary alicyclic amines) is 1. The van der Waals surface area contributed by atoms with Crippen LogP contribution in [0.1, 0.15) is 34.3 Å². The highest BCUT2D eigenvalue weighted by Crippen LogP contribution is 2.24. The van der Waals surface area contributed by atoms with E-state index in [0.29, 0.717) is 17.8 Å². The van der Waals surface area contributed by atoms with E-state index in [1.807, 2.05) is 48.2 Å². The van der Waals surface area contributed by atoms with Gasteiger partial charge in [-0.15, -0.1) is 0 Å². The molecule has 1 aliphatic rings. The second-order valence-electron chi connectivity index (χ2n) is 7.58. The molecule has 1 heterocycles. The Hall–Kier alpha value is -2.86. The molecule has 3 N–H and O–H groups in total. The van der Waals surface area contributed by atoms with E-state index in [-0.39, 0.29) is 12.1 Å². The highest BCUT2D eigenvalue weighted by molar-refractivity contribution is 5.96. The molecule has 148 valence electrons. The first-order valence-corrected chi connectivity index (χ1v) is 9.63. The molecule has 3 amide bonds. The Morgan fingerprint density at radius 2 is 1.93 bits per heavy atom. The predicted molar refractivity (Wildman–Crippen MR) is 111 cm³/mol. The van der Waals surface area contributed by atoms with Crippen molar-refractivity contribution in [2.75, 3.05) is 26.0 Å². The zero-order valence-electron chi connectivity index (χ0n) is 16.5. The normalized spacial score (nSPS) is 16.4. The molecule has 0 bridgehead atoms. The van der Waals surface area contributed by atoms with Crippen LogP contribution in [-0.2, 0) is 13.0 Å². The van der Waals surface area contributed by atoms with Crippen molar-refractivity contribution >= 4 is 17.6 Å². The van der Waals surface area contributed by atoms with Gasteiger partial charge in [0.2, 0.25) is 5.91 Å². The van der Waals surface area contributed by atoms with Gasteiger partial charge in [0.05, 0.1) is 0 Å². The van der Waals surface area contributed by atoms with E-state index in [2.05, 4.69) is 17.4 Å². The molecule has 1 saturated heterocycles. The quantitative estimate of drug-likeness (QED) is 0.808. The molecule has 0 spiro atoms. The number of anilines is 1. The van der Waals surface area contributed by atoms with Crippen LogP contribution in [0.15, 0.2) is 48.5 Å². The van der Waals surface area contributed by atoms with Crippen molar-refractivity contribution in [2.24, 2.45) is 5.73 Å². The topological polar surface area (TPSA) is 78.7 Å². The summed E-state index contributed by atoms with van der Waals surface area (Å²) in [5, 5.41) is 3.02. The Kier molecular flexibility index (Phi) is 6.31. The molecular weight excluding hydrogens is 352 g/mol. The zero-order chi connectivity index (χ0) is 20.1. The number of rotatable bonds is 6. The average Bonchev–Trinajstić information content (AvgIpc) is 3.11. The lowest BCUT2D eigenvalue weighted by atomic mass is 10.0. The molecule has 0 saturated carbocycles. The number of nitrogens with zero attached hydrogens (tertiary/aromatic N) is 2. The number of primary amides is 1. The largest absolute Gasteiger partial charge is 0.366 e. The number of hydrogen-bond acceptors (Lipinski definition) is 3. The maximum absolute atomic E-state index is 13.0. The smallest absolute Gasteiger partial charge is 0.322 e. The SMILES string of the molecule is CN(C)Cc1ccc(C(N)=O)cc1NC(=O)N1CCC[C@@H]1Cc1ccccc1. The van der Waals surface area contributed by atoms with Crippen molar-refractivity contribution in [2.45, 2.75) is 31.8 Å². The van der Waals surface area contributed by atoms with Crippen LogP contribution in [0, 0.1) is 0 Å². The van der Waals surface area contributed by atoms with Crippen LogP contribution in [0.2, 0.25) is 0 Å². The molecule has 2 aromatic rings. The second-order valence-corrected chi connectivity index (χ2v) is 7.58. The van der Waals surface area contributed by atoms with Gasteiger partial charge in [-0.1, -0.05) is 36.4 Å². The lowest BCUT2D eigenvalue weighted by molar-refractivity contribution is 0.1000. The number of hydrogen-bond donors (Lipinski definition) is 2. The van der Waals surface area contributed by atoms with Gasteiger partial charge in [-0.2, -0.15) is 0 Å². The number of nitrogens with two attached hydrogens (primary N) is 1. The summed E-state index contributed by atoms with van der Waals surface area (Å²) in [6.45, 7) is 1.39. The minimum atomic E-state index is -0.505. The Labute approximate surface area is 166 Å². The van der Waals surface area contributed by atoms with Gasteiger partial charge < -0.3 is 20.9 Å². The monoisotopic (exact) mass is 380 g/mol. The van der Waals surface area contributed by atoms with Crippen LogP contribution in [0.25, 0.3) is 0 Å². The summed E-state index contributed by atoms with van der Waals surface area (Å²) in [6.07, 6.45) is 2.84. The fourth-order valence-electron chi connectivity index (χ4n) is 3.71. The van der Waals surface area contributed by atoms with E-state index in [0.717, 1.165) is 31.4 Å². The van der Waals surface area contributed by atoms with Crippen molar-refractivity contribution in [3.63, 3.8) is 0 Å². The van der Waals surface area contributed by atoms with Gasteiger partial charge in [-0.3, -0.25) is 4.79 Å². The van der Waals surface area contributed by atoms with Gasteiger partial charge in [0.15, 0.2) is 0 Å². The third kappa shape index (κ3) is 4.89. The third-order valence-electron chi connectivity index (χ3n) is 5.07. The van der Waals surface area contributed by atoms with Gasteiger partial charge in [0, 0.05) is 30.4 Å². The molecular formula is C22H28N4O2. The number of carbonyl (C=O) groups is 2. The molecule has 1 fully saturated rings. The summed E-state index contributed by atoms with van der Waals surface area (Å²) in [5.41, 5.74) is 8.63. The van der Waals surface area contributed by atoms with E-state index in [1.165, 1.54) is 5.56 Å². The van der Waals surface area contributed by atoms with Gasteiger partial charge in [-0.05, 0) is 56.6 Å². The number of carbonyl (C=O) groups excluding carboxylic acids is 2. The van der Waals surface area contributed by atoms with Crippen LogP contribution in [0.3, 0.4) is 0 Å². The van der Waals surface area contributed by atoms with E-state index in [1.54, 1.807) is 12.1 Å². The molecule has 6 nitrogen and oxygen atoms in total. The fourth-order valence-corrected chi connectivity index (χ4v) is 3.71. The predicted octanol–water partition coefficient (Wildman–Crippen LogP) is 3.09. The molecule has 1 atom stereocenters. The molecule has 2 aromatic carbocycles. The molecule has 3 rings (SSSR count). The highest BCUT2D eigenvalue weighted by Gasteiger charge is 2.29. The van der Waals surface area contributed by atoms with Crippen LogP contribution in [-0.4, -0.2) is 48.4 Å². The molecule has 6 heteroatoms. The Balaban J connectivity index is 1.77. The Morgan fingerprint density at radius 3 is 2.61 bits per heavy atom. The lowest BCUT2D eigenvalue weighted by Gasteiger charge is -2.26. The van der Waals surface area contributed by atoms with Gasteiger partial charge in [0.25, 0.3) is 0 Å². The minimum Gasteiger partial charge on any atom is -0.366 e. The summed E-state index contributed by atoms with van der Waals surface area (Å²) in [7, 11) is 3.92. The summed E-state index contributed by atoms with van der Waals surface area (Å²) < 4.78 is 0. The maximum atomic E-state index is 13.0.